The summed E-state index contributed by atoms with van der Waals surface area (Å²) in [6.07, 6.45) is 1.87. The summed E-state index contributed by atoms with van der Waals surface area (Å²) in [5, 5.41) is 0. The van der Waals surface area contributed by atoms with Crippen LogP contribution in [-0.2, 0) is 39.4 Å². The molecule has 9 heteroatoms. The minimum Gasteiger partial charge on any atom is -0.755 e. The molecule has 0 aliphatic carbocycles. The van der Waals surface area contributed by atoms with Crippen LogP contribution in [0.5, 0.6) is 0 Å². The third-order valence-corrected chi connectivity index (χ3v) is 7.06. The first-order valence-corrected chi connectivity index (χ1v) is 12.1. The quantitative estimate of drug-likeness (QED) is 0.624. The highest BCUT2D eigenvalue weighted by Gasteiger charge is 2.42. The summed E-state index contributed by atoms with van der Waals surface area (Å²) in [7, 11) is 3.39. The van der Waals surface area contributed by atoms with Crippen LogP contribution in [0.4, 0.5) is 10.1 Å². The number of hydrogen-bond acceptors (Lipinski definition) is 5. The molecular formula is C24H29FN3O4S-. The molecule has 2 atom stereocenters. The Morgan fingerprint density at radius 2 is 2.00 bits per heavy atom. The van der Waals surface area contributed by atoms with Crippen LogP contribution in [0.25, 0.3) is 0 Å². The van der Waals surface area contributed by atoms with Gasteiger partial charge in [-0.05, 0) is 54.2 Å². The molecule has 2 aliphatic heterocycles. The van der Waals surface area contributed by atoms with Gasteiger partial charge >= 0.3 is 0 Å². The van der Waals surface area contributed by atoms with E-state index in [1.165, 1.54) is 34.2 Å². The number of halogens is 1. The maximum Gasteiger partial charge on any atom is 0.226 e. The number of hydrogen-bond donors (Lipinski definition) is 1. The number of nitrogens with one attached hydrogen (secondary N) is 1. The normalized spacial score (nSPS) is 19.2. The number of anilines is 1. The predicted molar refractivity (Wildman–Crippen MR) is 123 cm³/mol. The molecule has 2 aromatic carbocycles. The van der Waals surface area contributed by atoms with Crippen LogP contribution in [0.2, 0.25) is 0 Å². The Labute approximate surface area is 196 Å². The largest absolute Gasteiger partial charge is 0.755 e. The zero-order valence-corrected chi connectivity index (χ0v) is 19.7. The highest BCUT2D eigenvalue weighted by Crippen LogP contribution is 2.44. The van der Waals surface area contributed by atoms with Crippen LogP contribution >= 0.6 is 0 Å². The topological polar surface area (TPSA) is 84.9 Å². The van der Waals surface area contributed by atoms with E-state index in [9.17, 15) is 17.9 Å². The summed E-state index contributed by atoms with van der Waals surface area (Å²) in [5.41, 5.74) is 2.84. The molecular weight excluding hydrogens is 445 g/mol. The van der Waals surface area contributed by atoms with Gasteiger partial charge in [-0.1, -0.05) is 24.3 Å². The molecule has 2 aliphatic rings. The Morgan fingerprint density at radius 1 is 1.27 bits per heavy atom. The minimum absolute atomic E-state index is 0.0806. The molecule has 0 radical (unpaired) electrons. The van der Waals surface area contributed by atoms with E-state index in [0.29, 0.717) is 18.7 Å². The van der Waals surface area contributed by atoms with E-state index < -0.39 is 23.0 Å². The highest BCUT2D eigenvalue weighted by molar-refractivity contribution is 7.80. The maximum atomic E-state index is 14.5. The van der Waals surface area contributed by atoms with E-state index in [-0.39, 0.29) is 23.6 Å². The Balaban J connectivity index is 1.46. The van der Waals surface area contributed by atoms with Gasteiger partial charge in [0.25, 0.3) is 0 Å². The first kappa shape index (κ1) is 23.8. The average Bonchev–Trinajstić information content (AvgIpc) is 3.14. The number of ether oxygens (including phenoxy) is 1. The van der Waals surface area contributed by atoms with Crippen molar-refractivity contribution >= 4 is 22.9 Å². The highest BCUT2D eigenvalue weighted by atomic mass is 32.2. The van der Waals surface area contributed by atoms with E-state index in [2.05, 4.69) is 21.8 Å². The van der Waals surface area contributed by atoms with Crippen molar-refractivity contribution in [3.8, 4) is 0 Å². The SMILES string of the molecule is CN(C)C(=O)C(Cc1cc(NS(=O)[O-])ccc1F)CN1CCC2(CC1)OCc1ccccc12. The van der Waals surface area contributed by atoms with Gasteiger partial charge in [0.15, 0.2) is 0 Å². The minimum atomic E-state index is -2.50. The molecule has 7 nitrogen and oxygen atoms in total. The second-order valence-electron chi connectivity index (χ2n) is 9.02. The zero-order chi connectivity index (χ0) is 23.6. The molecule has 33 heavy (non-hydrogen) atoms. The van der Waals surface area contributed by atoms with Crippen molar-refractivity contribution in [1.29, 1.82) is 0 Å². The third kappa shape index (κ3) is 5.27. The van der Waals surface area contributed by atoms with E-state index >= 15 is 0 Å². The van der Waals surface area contributed by atoms with E-state index in [4.69, 9.17) is 4.74 Å². The molecule has 1 amide bonds. The molecule has 1 fully saturated rings. The summed E-state index contributed by atoms with van der Waals surface area (Å²) in [5.74, 6) is -0.987. The number of piperidine rings is 1. The van der Waals surface area contributed by atoms with Gasteiger partial charge in [0.1, 0.15) is 5.82 Å². The molecule has 1 saturated heterocycles. The molecule has 4 rings (SSSR count). The lowest BCUT2D eigenvalue weighted by atomic mass is 9.83. The molecule has 0 saturated carbocycles. The maximum absolute atomic E-state index is 14.5. The van der Waals surface area contributed by atoms with E-state index in [0.717, 1.165) is 25.9 Å². The zero-order valence-electron chi connectivity index (χ0n) is 18.9. The van der Waals surface area contributed by atoms with Crippen LogP contribution in [-0.4, -0.2) is 58.2 Å². The Bertz CT molecular complexity index is 1040. The van der Waals surface area contributed by atoms with Gasteiger partial charge in [0.2, 0.25) is 5.91 Å². The van der Waals surface area contributed by atoms with Crippen LogP contribution in [0.15, 0.2) is 42.5 Å². The number of rotatable bonds is 7. The number of amides is 1. The molecule has 0 aromatic heterocycles. The van der Waals surface area contributed by atoms with E-state index in [1.54, 1.807) is 14.1 Å². The molecule has 2 aromatic rings. The van der Waals surface area contributed by atoms with Gasteiger partial charge in [-0.2, -0.15) is 0 Å². The fourth-order valence-electron chi connectivity index (χ4n) is 4.96. The van der Waals surface area contributed by atoms with Gasteiger partial charge in [0, 0.05) is 50.7 Å². The monoisotopic (exact) mass is 474 g/mol. The van der Waals surface area contributed by atoms with Crippen molar-refractivity contribution in [2.45, 2.75) is 31.5 Å². The standard InChI is InChI=1S/C24H30FN3O4S/c1-27(2)23(29)19(13-18-14-20(26-33(30)31)7-8-22(18)25)15-28-11-9-24(10-12-28)21-6-4-3-5-17(21)16-32-24/h3-8,14,19,26H,9-13,15-16H2,1-2H3,(H,30,31)/p-1. The lowest BCUT2D eigenvalue weighted by Gasteiger charge is -2.40. The second kappa shape index (κ2) is 9.89. The summed E-state index contributed by atoms with van der Waals surface area (Å²) in [6.45, 7) is 2.70. The fourth-order valence-corrected chi connectivity index (χ4v) is 5.28. The summed E-state index contributed by atoms with van der Waals surface area (Å²) >= 11 is -2.50. The number of nitrogens with zero attached hydrogens (tertiary/aromatic N) is 2. The second-order valence-corrected chi connectivity index (χ2v) is 9.69. The van der Waals surface area contributed by atoms with Crippen LogP contribution < -0.4 is 4.72 Å². The van der Waals surface area contributed by atoms with Gasteiger partial charge in [-0.25, -0.2) is 4.39 Å². The summed E-state index contributed by atoms with van der Waals surface area (Å²) in [4.78, 5) is 16.7. The Kier molecular flexibility index (Phi) is 7.13. The number of likely N-dealkylation sites (tertiary alicyclic amines) is 1. The van der Waals surface area contributed by atoms with Crippen molar-refractivity contribution in [1.82, 2.24) is 9.80 Å². The smallest absolute Gasteiger partial charge is 0.226 e. The first-order valence-electron chi connectivity index (χ1n) is 11.1. The Morgan fingerprint density at radius 3 is 2.70 bits per heavy atom. The van der Waals surface area contributed by atoms with Crippen LogP contribution in [0.1, 0.15) is 29.5 Å². The number of fused-ring (bicyclic) bond motifs is 2. The number of benzene rings is 2. The molecule has 2 heterocycles. The van der Waals surface area contributed by atoms with Crippen LogP contribution in [0, 0.1) is 11.7 Å². The van der Waals surface area contributed by atoms with Crippen molar-refractivity contribution in [2.24, 2.45) is 5.92 Å². The molecule has 1 spiro atoms. The summed E-state index contributed by atoms with van der Waals surface area (Å²) < 4.78 is 44.9. The van der Waals surface area contributed by atoms with Crippen molar-refractivity contribution < 1.29 is 22.7 Å². The first-order chi connectivity index (χ1) is 15.8. The number of carbonyl (C=O) groups excluding carboxylic acids is 1. The molecule has 178 valence electrons. The van der Waals surface area contributed by atoms with E-state index in [1.807, 2.05) is 12.1 Å². The van der Waals surface area contributed by atoms with Crippen molar-refractivity contribution in [3.63, 3.8) is 0 Å². The van der Waals surface area contributed by atoms with Gasteiger partial charge in [-0.3, -0.25) is 9.00 Å². The van der Waals surface area contributed by atoms with Gasteiger partial charge in [-0.15, -0.1) is 0 Å². The molecule has 0 bridgehead atoms. The number of carbonyl (C=O) groups is 1. The molecule has 1 N–H and O–H groups in total. The van der Waals surface area contributed by atoms with Gasteiger partial charge in [0.05, 0.1) is 18.1 Å². The third-order valence-electron chi connectivity index (χ3n) is 6.66. The fraction of sp³-hybridized carbons (Fsp3) is 0.458. The molecule has 2 unspecified atom stereocenters. The Hall–Kier alpha value is -2.33. The van der Waals surface area contributed by atoms with Crippen LogP contribution in [0.3, 0.4) is 0 Å². The summed E-state index contributed by atoms with van der Waals surface area (Å²) in [6, 6.07) is 12.4. The lowest BCUT2D eigenvalue weighted by Crippen LogP contribution is -2.46. The predicted octanol–water partition coefficient (Wildman–Crippen LogP) is 2.80. The van der Waals surface area contributed by atoms with Crippen molar-refractivity contribution in [3.05, 3.63) is 65.0 Å². The lowest BCUT2D eigenvalue weighted by molar-refractivity contribution is -0.134. The van der Waals surface area contributed by atoms with Gasteiger partial charge < -0.3 is 23.8 Å². The van der Waals surface area contributed by atoms with Crippen molar-refractivity contribution in [2.75, 3.05) is 38.5 Å². The average molecular weight is 475 g/mol.